The molecule has 2 heterocycles. The van der Waals surface area contributed by atoms with Gasteiger partial charge in [-0.25, -0.2) is 8.42 Å². The van der Waals surface area contributed by atoms with E-state index in [1.807, 2.05) is 7.05 Å². The third-order valence-electron chi connectivity index (χ3n) is 3.85. The molecule has 0 bridgehead atoms. The standard InChI is InChI=1S/C13H22N2O3S2/c1-10-13(7-12(9-16)19-10)20(17,18)15(3)11-5-4-6-14(2)8-11/h7,11,16H,4-6,8-9H2,1-3H3. The molecular weight excluding hydrogens is 296 g/mol. The Balaban J connectivity index is 2.26. The smallest absolute Gasteiger partial charge is 0.244 e. The summed E-state index contributed by atoms with van der Waals surface area (Å²) in [6.07, 6.45) is 1.92. The third kappa shape index (κ3) is 3.07. The predicted octanol–water partition coefficient (Wildman–Crippen LogP) is 1.26. The first-order valence-electron chi connectivity index (χ1n) is 6.73. The van der Waals surface area contributed by atoms with Gasteiger partial charge in [0.2, 0.25) is 10.0 Å². The number of likely N-dealkylation sites (N-methyl/N-ethyl adjacent to an activating group) is 2. The van der Waals surface area contributed by atoms with E-state index in [-0.39, 0.29) is 12.6 Å². The molecule has 0 radical (unpaired) electrons. The molecule has 20 heavy (non-hydrogen) atoms. The molecule has 7 heteroatoms. The molecule has 0 amide bonds. The van der Waals surface area contributed by atoms with Crippen LogP contribution in [0, 0.1) is 6.92 Å². The maximum Gasteiger partial charge on any atom is 0.244 e. The summed E-state index contributed by atoms with van der Waals surface area (Å²) in [6, 6.07) is 1.62. The largest absolute Gasteiger partial charge is 0.391 e. The highest BCUT2D eigenvalue weighted by Gasteiger charge is 2.32. The maximum absolute atomic E-state index is 12.7. The molecule has 1 saturated heterocycles. The minimum Gasteiger partial charge on any atom is -0.391 e. The van der Waals surface area contributed by atoms with Crippen LogP contribution in [-0.4, -0.2) is 56.0 Å². The number of aliphatic hydroxyl groups excluding tert-OH is 1. The molecule has 1 aliphatic heterocycles. The molecule has 2 rings (SSSR count). The molecule has 1 atom stereocenters. The Labute approximate surface area is 124 Å². The summed E-state index contributed by atoms with van der Waals surface area (Å²) < 4.78 is 26.9. The summed E-state index contributed by atoms with van der Waals surface area (Å²) in [7, 11) is 0.206. The molecule has 1 aromatic heterocycles. The lowest BCUT2D eigenvalue weighted by molar-refractivity contribution is 0.187. The highest BCUT2D eigenvalue weighted by molar-refractivity contribution is 7.89. The summed E-state index contributed by atoms with van der Waals surface area (Å²) in [5.74, 6) is 0. The van der Waals surface area contributed by atoms with E-state index in [1.165, 1.54) is 15.6 Å². The van der Waals surface area contributed by atoms with E-state index in [1.54, 1.807) is 20.0 Å². The highest BCUT2D eigenvalue weighted by Crippen LogP contribution is 2.29. The lowest BCUT2D eigenvalue weighted by Gasteiger charge is -2.35. The van der Waals surface area contributed by atoms with Crippen molar-refractivity contribution in [3.05, 3.63) is 15.8 Å². The van der Waals surface area contributed by atoms with Gasteiger partial charge in [-0.3, -0.25) is 0 Å². The quantitative estimate of drug-likeness (QED) is 0.908. The van der Waals surface area contributed by atoms with Crippen molar-refractivity contribution in [2.75, 3.05) is 27.2 Å². The van der Waals surface area contributed by atoms with Gasteiger partial charge in [-0.1, -0.05) is 0 Å². The average molecular weight is 318 g/mol. The second-order valence-electron chi connectivity index (χ2n) is 5.37. The predicted molar refractivity (Wildman–Crippen MR) is 80.4 cm³/mol. The molecule has 0 aromatic carbocycles. The van der Waals surface area contributed by atoms with Crippen LogP contribution in [-0.2, 0) is 16.6 Å². The van der Waals surface area contributed by atoms with Gasteiger partial charge < -0.3 is 10.0 Å². The number of rotatable bonds is 4. The van der Waals surface area contributed by atoms with Gasteiger partial charge in [-0.2, -0.15) is 4.31 Å². The second-order valence-corrected chi connectivity index (χ2v) is 8.68. The number of likely N-dealkylation sites (tertiary alicyclic amines) is 1. The van der Waals surface area contributed by atoms with Crippen molar-refractivity contribution in [3.8, 4) is 0 Å². The molecule has 1 fully saturated rings. The number of nitrogens with zero attached hydrogens (tertiary/aromatic N) is 2. The van der Waals surface area contributed by atoms with Crippen LogP contribution >= 0.6 is 11.3 Å². The summed E-state index contributed by atoms with van der Waals surface area (Å²) in [5.41, 5.74) is 0. The molecule has 114 valence electrons. The van der Waals surface area contributed by atoms with E-state index in [0.717, 1.165) is 30.8 Å². The van der Waals surface area contributed by atoms with Crippen LogP contribution in [0.4, 0.5) is 0 Å². The van der Waals surface area contributed by atoms with E-state index in [2.05, 4.69) is 4.90 Å². The zero-order chi connectivity index (χ0) is 14.9. The van der Waals surface area contributed by atoms with Crippen molar-refractivity contribution in [3.63, 3.8) is 0 Å². The summed E-state index contributed by atoms with van der Waals surface area (Å²) >= 11 is 1.34. The lowest BCUT2D eigenvalue weighted by atomic mass is 10.1. The van der Waals surface area contributed by atoms with Crippen LogP contribution in [0.3, 0.4) is 0 Å². The van der Waals surface area contributed by atoms with Crippen molar-refractivity contribution in [2.45, 2.75) is 37.3 Å². The monoisotopic (exact) mass is 318 g/mol. The molecular formula is C13H22N2O3S2. The Bertz CT molecular complexity index is 568. The number of sulfonamides is 1. The van der Waals surface area contributed by atoms with Crippen LogP contribution in [0.2, 0.25) is 0 Å². The topological polar surface area (TPSA) is 60.9 Å². The molecule has 0 aliphatic carbocycles. The van der Waals surface area contributed by atoms with Gasteiger partial charge >= 0.3 is 0 Å². The van der Waals surface area contributed by atoms with Crippen molar-refractivity contribution in [2.24, 2.45) is 0 Å². The number of aryl methyl sites for hydroxylation is 1. The molecule has 1 aliphatic rings. The van der Waals surface area contributed by atoms with Crippen molar-refractivity contribution < 1.29 is 13.5 Å². The number of piperidine rings is 1. The zero-order valence-corrected chi connectivity index (χ0v) is 13.8. The molecule has 5 nitrogen and oxygen atoms in total. The first-order valence-corrected chi connectivity index (χ1v) is 8.98. The number of thiophene rings is 1. The van der Waals surface area contributed by atoms with Crippen LogP contribution in [0.1, 0.15) is 22.6 Å². The fourth-order valence-electron chi connectivity index (χ4n) is 2.65. The molecule has 1 N–H and O–H groups in total. The fraction of sp³-hybridized carbons (Fsp3) is 0.692. The lowest BCUT2D eigenvalue weighted by Crippen LogP contribution is -2.47. The Morgan fingerprint density at radius 3 is 2.80 bits per heavy atom. The number of hydrogen-bond acceptors (Lipinski definition) is 5. The van der Waals surface area contributed by atoms with Gasteiger partial charge in [0.15, 0.2) is 0 Å². The first kappa shape index (κ1) is 15.9. The summed E-state index contributed by atoms with van der Waals surface area (Å²) in [4.78, 5) is 3.93. The van der Waals surface area contributed by atoms with Gasteiger partial charge in [0.05, 0.1) is 11.5 Å². The molecule has 0 saturated carbocycles. The fourth-order valence-corrected chi connectivity index (χ4v) is 5.48. The summed E-state index contributed by atoms with van der Waals surface area (Å²) in [6.45, 7) is 3.47. The van der Waals surface area contributed by atoms with Gasteiger partial charge in [-0.05, 0) is 39.4 Å². The number of aliphatic hydroxyl groups is 1. The van der Waals surface area contributed by atoms with Crippen LogP contribution in [0.25, 0.3) is 0 Å². The van der Waals surface area contributed by atoms with E-state index in [0.29, 0.717) is 9.77 Å². The minimum absolute atomic E-state index is 0.0237. The zero-order valence-electron chi connectivity index (χ0n) is 12.2. The second kappa shape index (κ2) is 6.11. The van der Waals surface area contributed by atoms with Gasteiger partial charge in [0.25, 0.3) is 0 Å². The van der Waals surface area contributed by atoms with Gasteiger partial charge in [0.1, 0.15) is 0 Å². The van der Waals surface area contributed by atoms with E-state index in [9.17, 15) is 8.42 Å². The Morgan fingerprint density at radius 2 is 2.25 bits per heavy atom. The Morgan fingerprint density at radius 1 is 1.55 bits per heavy atom. The van der Waals surface area contributed by atoms with E-state index >= 15 is 0 Å². The summed E-state index contributed by atoms with van der Waals surface area (Å²) in [5, 5.41) is 9.16. The minimum atomic E-state index is -3.48. The van der Waals surface area contributed by atoms with Crippen LogP contribution < -0.4 is 0 Å². The highest BCUT2D eigenvalue weighted by atomic mass is 32.2. The van der Waals surface area contributed by atoms with Gasteiger partial charge in [0, 0.05) is 29.4 Å². The van der Waals surface area contributed by atoms with Gasteiger partial charge in [-0.15, -0.1) is 11.3 Å². The maximum atomic E-state index is 12.7. The normalized spacial score (nSPS) is 21.6. The SMILES string of the molecule is Cc1sc(CO)cc1S(=O)(=O)N(C)C1CCCN(C)C1. The van der Waals surface area contributed by atoms with Crippen molar-refractivity contribution in [1.29, 1.82) is 0 Å². The Hall–Kier alpha value is -0.470. The van der Waals surface area contributed by atoms with E-state index < -0.39 is 10.0 Å². The third-order valence-corrected chi connectivity index (χ3v) is 7.05. The Kier molecular flexibility index (Phi) is 4.86. The first-order chi connectivity index (χ1) is 9.36. The number of hydrogen-bond donors (Lipinski definition) is 1. The average Bonchev–Trinajstić information content (AvgIpc) is 2.80. The molecule has 1 unspecified atom stereocenters. The van der Waals surface area contributed by atoms with E-state index in [4.69, 9.17) is 5.11 Å². The molecule has 1 aromatic rings. The van der Waals surface area contributed by atoms with Crippen LogP contribution in [0.5, 0.6) is 0 Å². The van der Waals surface area contributed by atoms with Crippen LogP contribution in [0.15, 0.2) is 11.0 Å². The van der Waals surface area contributed by atoms with Crippen molar-refractivity contribution in [1.82, 2.24) is 9.21 Å². The molecule has 0 spiro atoms. The van der Waals surface area contributed by atoms with Crippen molar-refractivity contribution >= 4 is 21.4 Å².